The first kappa shape index (κ1) is 11.0. The first-order valence-corrected chi connectivity index (χ1v) is 5.21. The number of aryl methyl sites for hydroxylation is 1. The van der Waals surface area contributed by atoms with E-state index in [-0.39, 0.29) is 0 Å². The minimum absolute atomic E-state index is 0.640. The van der Waals surface area contributed by atoms with Crippen LogP contribution < -0.4 is 11.5 Å². The molecule has 1 aromatic rings. The van der Waals surface area contributed by atoms with E-state index in [9.17, 15) is 0 Å². The van der Waals surface area contributed by atoms with E-state index in [1.807, 2.05) is 19.1 Å². The number of nitrogen functional groups attached to an aromatic ring is 2. The lowest BCUT2D eigenvalue weighted by molar-refractivity contribution is 1.26. The van der Waals surface area contributed by atoms with Crippen LogP contribution in [0.1, 0.15) is 17.5 Å². The number of benzene rings is 1. The quantitative estimate of drug-likeness (QED) is 0.528. The minimum Gasteiger partial charge on any atom is -0.397 e. The molecular formula is C11H16N2S. The third kappa shape index (κ3) is 2.70. The summed E-state index contributed by atoms with van der Waals surface area (Å²) in [6.45, 7) is 2.02. The van der Waals surface area contributed by atoms with Gasteiger partial charge in [0.15, 0.2) is 0 Å². The SMILES string of the molecule is Cc1cc(N)c(N)cc1C=CCCS. The summed E-state index contributed by atoms with van der Waals surface area (Å²) in [7, 11) is 0. The molecule has 0 saturated heterocycles. The number of nitrogens with two attached hydrogens (primary N) is 2. The van der Waals surface area contributed by atoms with Crippen molar-refractivity contribution in [1.82, 2.24) is 0 Å². The molecule has 0 aromatic heterocycles. The molecule has 1 rings (SSSR count). The molecule has 2 nitrogen and oxygen atoms in total. The van der Waals surface area contributed by atoms with Crippen LogP contribution in [0.3, 0.4) is 0 Å². The molecule has 0 aliphatic rings. The van der Waals surface area contributed by atoms with Crippen LogP contribution >= 0.6 is 12.6 Å². The third-order valence-electron chi connectivity index (χ3n) is 2.06. The lowest BCUT2D eigenvalue weighted by Crippen LogP contribution is -1.96. The number of allylic oxidation sites excluding steroid dienone is 1. The number of thiol groups is 1. The van der Waals surface area contributed by atoms with E-state index in [0.29, 0.717) is 11.4 Å². The minimum atomic E-state index is 0.640. The Morgan fingerprint density at radius 1 is 1.29 bits per heavy atom. The van der Waals surface area contributed by atoms with Gasteiger partial charge in [-0.3, -0.25) is 0 Å². The van der Waals surface area contributed by atoms with E-state index >= 15 is 0 Å². The van der Waals surface area contributed by atoms with Crippen molar-refractivity contribution in [2.75, 3.05) is 17.2 Å². The number of anilines is 2. The second kappa shape index (κ2) is 4.96. The Morgan fingerprint density at radius 3 is 2.57 bits per heavy atom. The van der Waals surface area contributed by atoms with Gasteiger partial charge < -0.3 is 11.5 Å². The summed E-state index contributed by atoms with van der Waals surface area (Å²) in [6, 6.07) is 3.80. The molecule has 4 N–H and O–H groups in total. The smallest absolute Gasteiger partial charge is 0.0553 e. The van der Waals surface area contributed by atoms with E-state index < -0.39 is 0 Å². The number of hydrogen-bond acceptors (Lipinski definition) is 3. The first-order chi connectivity index (χ1) is 6.65. The van der Waals surface area contributed by atoms with Crippen molar-refractivity contribution in [2.45, 2.75) is 13.3 Å². The van der Waals surface area contributed by atoms with Gasteiger partial charge in [0.05, 0.1) is 11.4 Å². The fourth-order valence-electron chi connectivity index (χ4n) is 1.23. The van der Waals surface area contributed by atoms with Crippen LogP contribution in [0.15, 0.2) is 18.2 Å². The summed E-state index contributed by atoms with van der Waals surface area (Å²) in [5.41, 5.74) is 15.0. The molecule has 0 aliphatic heterocycles. The zero-order valence-electron chi connectivity index (χ0n) is 8.33. The molecule has 0 amide bonds. The molecular weight excluding hydrogens is 192 g/mol. The van der Waals surface area contributed by atoms with E-state index in [2.05, 4.69) is 24.8 Å². The second-order valence-electron chi connectivity index (χ2n) is 3.25. The van der Waals surface area contributed by atoms with Crippen LogP contribution in [-0.4, -0.2) is 5.75 Å². The Hall–Kier alpha value is -1.09. The first-order valence-electron chi connectivity index (χ1n) is 4.58. The summed E-state index contributed by atoms with van der Waals surface area (Å²) in [5.74, 6) is 0.861. The highest BCUT2D eigenvalue weighted by atomic mass is 32.1. The van der Waals surface area contributed by atoms with Gasteiger partial charge in [-0.25, -0.2) is 0 Å². The maximum Gasteiger partial charge on any atom is 0.0553 e. The van der Waals surface area contributed by atoms with Gasteiger partial charge in [-0.1, -0.05) is 12.2 Å². The highest BCUT2D eigenvalue weighted by Gasteiger charge is 1.99. The average Bonchev–Trinajstić information content (AvgIpc) is 2.14. The van der Waals surface area contributed by atoms with Crippen LogP contribution in [-0.2, 0) is 0 Å². The molecule has 76 valence electrons. The van der Waals surface area contributed by atoms with Gasteiger partial charge in [0, 0.05) is 0 Å². The molecule has 0 spiro atoms. The van der Waals surface area contributed by atoms with Crippen molar-refractivity contribution < 1.29 is 0 Å². The molecule has 0 radical (unpaired) electrons. The number of hydrogen-bond donors (Lipinski definition) is 3. The second-order valence-corrected chi connectivity index (χ2v) is 3.70. The van der Waals surface area contributed by atoms with E-state index in [0.717, 1.165) is 23.3 Å². The van der Waals surface area contributed by atoms with Crippen molar-refractivity contribution in [2.24, 2.45) is 0 Å². The van der Waals surface area contributed by atoms with Crippen LogP contribution in [0.25, 0.3) is 6.08 Å². The van der Waals surface area contributed by atoms with Gasteiger partial charge >= 0.3 is 0 Å². The molecule has 0 saturated carbocycles. The summed E-state index contributed by atoms with van der Waals surface area (Å²) in [4.78, 5) is 0. The Labute approximate surface area is 90.4 Å². The normalized spacial score (nSPS) is 11.0. The topological polar surface area (TPSA) is 52.0 Å². The molecule has 0 unspecified atom stereocenters. The van der Waals surface area contributed by atoms with Crippen LogP contribution in [0.2, 0.25) is 0 Å². The zero-order chi connectivity index (χ0) is 10.6. The van der Waals surface area contributed by atoms with Crippen molar-refractivity contribution >= 4 is 30.1 Å². The lowest BCUT2D eigenvalue weighted by atomic mass is 10.1. The summed E-state index contributed by atoms with van der Waals surface area (Å²) >= 11 is 4.13. The van der Waals surface area contributed by atoms with Crippen molar-refractivity contribution in [1.29, 1.82) is 0 Å². The molecule has 0 fully saturated rings. The third-order valence-corrected chi connectivity index (χ3v) is 2.32. The Morgan fingerprint density at radius 2 is 1.93 bits per heavy atom. The maximum absolute atomic E-state index is 5.72. The number of rotatable bonds is 3. The zero-order valence-corrected chi connectivity index (χ0v) is 9.22. The Bertz CT molecular complexity index is 345. The van der Waals surface area contributed by atoms with E-state index in [1.54, 1.807) is 0 Å². The fraction of sp³-hybridized carbons (Fsp3) is 0.273. The van der Waals surface area contributed by atoms with Crippen LogP contribution in [0.5, 0.6) is 0 Å². The van der Waals surface area contributed by atoms with E-state index in [4.69, 9.17) is 11.5 Å². The van der Waals surface area contributed by atoms with Gasteiger partial charge in [-0.2, -0.15) is 12.6 Å². The summed E-state index contributed by atoms with van der Waals surface area (Å²) < 4.78 is 0. The highest BCUT2D eigenvalue weighted by molar-refractivity contribution is 7.80. The lowest BCUT2D eigenvalue weighted by Gasteiger charge is -2.05. The van der Waals surface area contributed by atoms with Gasteiger partial charge in [0.25, 0.3) is 0 Å². The van der Waals surface area contributed by atoms with E-state index in [1.165, 1.54) is 0 Å². The van der Waals surface area contributed by atoms with Crippen LogP contribution in [0.4, 0.5) is 11.4 Å². The Kier molecular flexibility index (Phi) is 3.89. The molecule has 0 atom stereocenters. The maximum atomic E-state index is 5.72. The molecule has 1 aromatic carbocycles. The standard InChI is InChI=1S/C11H16N2S/c1-8-6-10(12)11(13)7-9(8)4-2-3-5-14/h2,4,6-7,14H,3,5,12-13H2,1H3. The summed E-state index contributed by atoms with van der Waals surface area (Å²) in [5, 5.41) is 0. The van der Waals surface area contributed by atoms with Gasteiger partial charge in [0.1, 0.15) is 0 Å². The molecule has 14 heavy (non-hydrogen) atoms. The van der Waals surface area contributed by atoms with Gasteiger partial charge in [-0.15, -0.1) is 0 Å². The molecule has 0 bridgehead atoms. The monoisotopic (exact) mass is 208 g/mol. The van der Waals surface area contributed by atoms with Gasteiger partial charge in [0.2, 0.25) is 0 Å². The van der Waals surface area contributed by atoms with Crippen molar-refractivity contribution in [3.05, 3.63) is 29.3 Å². The fourth-order valence-corrected chi connectivity index (χ4v) is 1.38. The predicted octanol–water partition coefficient (Wildman–Crippen LogP) is 2.49. The summed E-state index contributed by atoms with van der Waals surface area (Å²) in [6.07, 6.45) is 5.11. The van der Waals surface area contributed by atoms with Crippen LogP contribution in [0, 0.1) is 6.92 Å². The van der Waals surface area contributed by atoms with Crippen molar-refractivity contribution in [3.63, 3.8) is 0 Å². The predicted molar refractivity (Wildman–Crippen MR) is 67.5 cm³/mol. The largest absolute Gasteiger partial charge is 0.397 e. The Balaban J connectivity index is 2.92. The van der Waals surface area contributed by atoms with Gasteiger partial charge in [-0.05, 0) is 42.4 Å². The molecule has 3 heteroatoms. The van der Waals surface area contributed by atoms with Crippen molar-refractivity contribution in [3.8, 4) is 0 Å². The molecule has 0 aliphatic carbocycles. The molecule has 0 heterocycles. The highest BCUT2D eigenvalue weighted by Crippen LogP contribution is 2.21. The average molecular weight is 208 g/mol.